The van der Waals surface area contributed by atoms with Gasteiger partial charge in [-0.15, -0.1) is 0 Å². The minimum absolute atomic E-state index is 0.336. The Morgan fingerprint density at radius 3 is 2.63 bits per heavy atom. The summed E-state index contributed by atoms with van der Waals surface area (Å²) in [5.41, 5.74) is 2.58. The van der Waals surface area contributed by atoms with Crippen LogP contribution >= 0.6 is 0 Å². The average molecular weight is 362 g/mol. The molecule has 0 aliphatic carbocycles. The van der Waals surface area contributed by atoms with Gasteiger partial charge in [-0.3, -0.25) is 4.90 Å². The van der Waals surface area contributed by atoms with Gasteiger partial charge in [0.2, 0.25) is 0 Å². The Hall–Kier alpha value is -2.99. The number of hydrogen-bond acceptors (Lipinski definition) is 4. The SMILES string of the molecule is O=C(O)c1cccc(CN2CCc3nc(Cc4ccccc4)nn3CC2)c1. The second kappa shape index (κ2) is 7.72. The summed E-state index contributed by atoms with van der Waals surface area (Å²) in [6.45, 7) is 3.30. The van der Waals surface area contributed by atoms with E-state index in [1.165, 1.54) is 5.56 Å². The first kappa shape index (κ1) is 17.4. The number of fused-ring (bicyclic) bond motifs is 1. The number of carboxylic acids is 1. The van der Waals surface area contributed by atoms with Crippen molar-refractivity contribution < 1.29 is 9.90 Å². The van der Waals surface area contributed by atoms with E-state index >= 15 is 0 Å². The van der Waals surface area contributed by atoms with Crippen molar-refractivity contribution >= 4 is 5.97 Å². The van der Waals surface area contributed by atoms with Crippen molar-refractivity contribution in [3.63, 3.8) is 0 Å². The fourth-order valence-corrected chi connectivity index (χ4v) is 3.47. The van der Waals surface area contributed by atoms with E-state index in [1.807, 2.05) is 28.9 Å². The van der Waals surface area contributed by atoms with Crippen molar-refractivity contribution in [2.45, 2.75) is 25.9 Å². The first-order valence-corrected chi connectivity index (χ1v) is 9.18. The number of hydrogen-bond donors (Lipinski definition) is 1. The van der Waals surface area contributed by atoms with Crippen molar-refractivity contribution in [1.29, 1.82) is 0 Å². The number of nitrogens with zero attached hydrogens (tertiary/aromatic N) is 4. The summed E-state index contributed by atoms with van der Waals surface area (Å²) in [6.07, 6.45) is 1.60. The highest BCUT2D eigenvalue weighted by Gasteiger charge is 2.18. The molecule has 0 saturated carbocycles. The predicted molar refractivity (Wildman–Crippen MR) is 102 cm³/mol. The zero-order valence-corrected chi connectivity index (χ0v) is 15.1. The Labute approximate surface area is 158 Å². The van der Waals surface area contributed by atoms with Crippen LogP contribution in [0.4, 0.5) is 0 Å². The average Bonchev–Trinajstić information content (AvgIpc) is 2.97. The lowest BCUT2D eigenvalue weighted by atomic mass is 10.1. The van der Waals surface area contributed by atoms with Gasteiger partial charge in [0.05, 0.1) is 12.1 Å². The molecule has 0 fully saturated rings. The summed E-state index contributed by atoms with van der Waals surface area (Å²) in [5.74, 6) is 1.02. The lowest BCUT2D eigenvalue weighted by molar-refractivity contribution is 0.0696. The van der Waals surface area contributed by atoms with Crippen LogP contribution in [0.15, 0.2) is 54.6 Å². The molecule has 2 aromatic carbocycles. The minimum Gasteiger partial charge on any atom is -0.478 e. The summed E-state index contributed by atoms with van der Waals surface area (Å²) in [4.78, 5) is 18.2. The fourth-order valence-electron chi connectivity index (χ4n) is 3.47. The van der Waals surface area contributed by atoms with E-state index in [9.17, 15) is 4.79 Å². The normalized spacial score (nSPS) is 14.5. The van der Waals surface area contributed by atoms with E-state index in [2.05, 4.69) is 22.1 Å². The fraction of sp³-hybridized carbons (Fsp3) is 0.286. The summed E-state index contributed by atoms with van der Waals surface area (Å²) >= 11 is 0. The molecule has 6 heteroatoms. The first-order valence-electron chi connectivity index (χ1n) is 9.18. The maximum absolute atomic E-state index is 11.1. The molecule has 2 heterocycles. The molecule has 0 spiro atoms. The van der Waals surface area contributed by atoms with Gasteiger partial charge in [-0.05, 0) is 23.3 Å². The molecule has 0 amide bonds. The number of benzene rings is 2. The third kappa shape index (κ3) is 4.23. The molecule has 3 aromatic rings. The van der Waals surface area contributed by atoms with Gasteiger partial charge in [0.25, 0.3) is 0 Å². The lowest BCUT2D eigenvalue weighted by Gasteiger charge is -2.19. The highest BCUT2D eigenvalue weighted by molar-refractivity contribution is 5.87. The molecule has 0 atom stereocenters. The Morgan fingerprint density at radius 2 is 1.81 bits per heavy atom. The quantitative estimate of drug-likeness (QED) is 0.755. The Kier molecular flexibility index (Phi) is 4.98. The van der Waals surface area contributed by atoms with Crippen molar-refractivity contribution in [2.24, 2.45) is 0 Å². The van der Waals surface area contributed by atoms with Crippen molar-refractivity contribution in [2.75, 3.05) is 13.1 Å². The molecule has 0 saturated heterocycles. The van der Waals surface area contributed by atoms with Gasteiger partial charge in [-0.1, -0.05) is 42.5 Å². The van der Waals surface area contributed by atoms with Crippen molar-refractivity contribution in [3.8, 4) is 0 Å². The highest BCUT2D eigenvalue weighted by atomic mass is 16.4. The molecule has 138 valence electrons. The van der Waals surface area contributed by atoms with Crippen LogP contribution in [-0.2, 0) is 25.9 Å². The lowest BCUT2D eigenvalue weighted by Crippen LogP contribution is -2.26. The second-order valence-electron chi connectivity index (χ2n) is 6.86. The molecular weight excluding hydrogens is 340 g/mol. The molecule has 1 N–H and O–H groups in total. The number of aromatic nitrogens is 3. The monoisotopic (exact) mass is 362 g/mol. The molecule has 1 aliphatic rings. The smallest absolute Gasteiger partial charge is 0.335 e. The molecule has 0 bridgehead atoms. The number of rotatable bonds is 5. The van der Waals surface area contributed by atoms with Crippen molar-refractivity contribution in [1.82, 2.24) is 19.7 Å². The summed E-state index contributed by atoms with van der Waals surface area (Å²) < 4.78 is 2.02. The maximum atomic E-state index is 11.1. The third-order valence-corrected chi connectivity index (χ3v) is 4.86. The van der Waals surface area contributed by atoms with E-state index in [0.717, 1.165) is 56.2 Å². The molecule has 0 radical (unpaired) electrons. The van der Waals surface area contributed by atoms with Crippen molar-refractivity contribution in [3.05, 3.63) is 82.9 Å². The van der Waals surface area contributed by atoms with Crippen LogP contribution in [0.3, 0.4) is 0 Å². The van der Waals surface area contributed by atoms with Gasteiger partial charge < -0.3 is 5.11 Å². The standard InChI is InChI=1S/C21H22N4O2/c26-21(27)18-8-4-7-17(13-18)15-24-10-9-20-22-19(23-25(20)12-11-24)14-16-5-2-1-3-6-16/h1-8,13H,9-12,14-15H2,(H,26,27). The third-order valence-electron chi connectivity index (χ3n) is 4.86. The maximum Gasteiger partial charge on any atom is 0.335 e. The van der Waals surface area contributed by atoms with Crippen LogP contribution in [0.25, 0.3) is 0 Å². The first-order chi connectivity index (χ1) is 13.2. The van der Waals surface area contributed by atoms with Crippen LogP contribution in [0.5, 0.6) is 0 Å². The van der Waals surface area contributed by atoms with Crippen LogP contribution in [0.1, 0.15) is 33.1 Å². The summed E-state index contributed by atoms with van der Waals surface area (Å²) in [6, 6.07) is 17.4. The molecule has 1 aliphatic heterocycles. The van der Waals surface area contributed by atoms with Crippen LogP contribution in [0.2, 0.25) is 0 Å². The molecular formula is C21H22N4O2. The van der Waals surface area contributed by atoms with Gasteiger partial charge >= 0.3 is 5.97 Å². The summed E-state index contributed by atoms with van der Waals surface area (Å²) in [5, 5.41) is 13.8. The topological polar surface area (TPSA) is 71.2 Å². The van der Waals surface area contributed by atoms with E-state index in [0.29, 0.717) is 5.56 Å². The Morgan fingerprint density at radius 1 is 1.00 bits per heavy atom. The van der Waals surface area contributed by atoms with Crippen LogP contribution in [0, 0.1) is 0 Å². The largest absolute Gasteiger partial charge is 0.478 e. The molecule has 1 aromatic heterocycles. The Bertz CT molecular complexity index is 911. The van der Waals surface area contributed by atoms with E-state index in [1.54, 1.807) is 18.2 Å². The van der Waals surface area contributed by atoms with Gasteiger partial charge in [0.15, 0.2) is 5.82 Å². The van der Waals surface area contributed by atoms with Gasteiger partial charge in [0, 0.05) is 32.5 Å². The van der Waals surface area contributed by atoms with Gasteiger partial charge in [-0.2, -0.15) is 5.10 Å². The van der Waals surface area contributed by atoms with E-state index < -0.39 is 5.97 Å². The Balaban J connectivity index is 1.40. The van der Waals surface area contributed by atoms with Crippen LogP contribution < -0.4 is 0 Å². The molecule has 0 unspecified atom stereocenters. The van der Waals surface area contributed by atoms with E-state index in [4.69, 9.17) is 10.1 Å². The van der Waals surface area contributed by atoms with Gasteiger partial charge in [0.1, 0.15) is 5.82 Å². The van der Waals surface area contributed by atoms with Gasteiger partial charge in [-0.25, -0.2) is 14.5 Å². The zero-order chi connectivity index (χ0) is 18.6. The highest BCUT2D eigenvalue weighted by Crippen LogP contribution is 2.14. The second-order valence-corrected chi connectivity index (χ2v) is 6.86. The molecule has 4 rings (SSSR count). The molecule has 27 heavy (non-hydrogen) atoms. The zero-order valence-electron chi connectivity index (χ0n) is 15.1. The van der Waals surface area contributed by atoms with E-state index in [-0.39, 0.29) is 0 Å². The number of aromatic carboxylic acids is 1. The minimum atomic E-state index is -0.886. The summed E-state index contributed by atoms with van der Waals surface area (Å²) in [7, 11) is 0. The number of carboxylic acid groups (broad SMARTS) is 1. The van der Waals surface area contributed by atoms with Crippen LogP contribution in [-0.4, -0.2) is 43.8 Å². The molecule has 6 nitrogen and oxygen atoms in total. The number of carbonyl (C=O) groups is 1. The predicted octanol–water partition coefficient (Wildman–Crippen LogP) is 2.63.